The molecule has 1 aliphatic heterocycles. The molecule has 0 radical (unpaired) electrons. The van der Waals surface area contributed by atoms with Crippen LogP contribution in [0.15, 0.2) is 51.3 Å². The molecule has 9 nitrogen and oxygen atoms in total. The Kier molecular flexibility index (Phi) is 5.30. The van der Waals surface area contributed by atoms with Crippen molar-refractivity contribution in [2.24, 2.45) is 7.05 Å². The number of nitrogens with zero attached hydrogens (tertiary/aromatic N) is 6. The maximum Gasteiger partial charge on any atom is 0.329 e. The number of rotatable bonds is 5. The van der Waals surface area contributed by atoms with Gasteiger partial charge in [-0.25, -0.2) is 14.8 Å². The highest BCUT2D eigenvalue weighted by Gasteiger charge is 2.24. The highest BCUT2D eigenvalue weighted by molar-refractivity contribution is 7.99. The zero-order valence-corrected chi connectivity index (χ0v) is 18.7. The minimum atomic E-state index is -0.467. The van der Waals surface area contributed by atoms with Crippen LogP contribution in [0.25, 0.3) is 11.2 Å². The van der Waals surface area contributed by atoms with Gasteiger partial charge >= 0.3 is 5.69 Å². The third kappa shape index (κ3) is 3.70. The van der Waals surface area contributed by atoms with E-state index in [4.69, 9.17) is 4.98 Å². The number of hydrogen-bond acceptors (Lipinski definition) is 7. The zero-order valence-electron chi connectivity index (χ0n) is 17.9. The molecule has 1 aliphatic rings. The van der Waals surface area contributed by atoms with Gasteiger partial charge in [0.2, 0.25) is 5.95 Å². The molecule has 3 aromatic heterocycles. The van der Waals surface area contributed by atoms with Gasteiger partial charge in [0.1, 0.15) is 0 Å². The fraction of sp³-hybridized carbons (Fsp3) is 0.318. The van der Waals surface area contributed by atoms with E-state index in [1.807, 2.05) is 23.6 Å². The first-order chi connectivity index (χ1) is 15.5. The van der Waals surface area contributed by atoms with Crippen molar-refractivity contribution in [3.8, 4) is 0 Å². The maximum atomic E-state index is 12.8. The molecule has 0 saturated heterocycles. The molecule has 0 unspecified atom stereocenters. The van der Waals surface area contributed by atoms with E-state index in [9.17, 15) is 9.59 Å². The fourth-order valence-electron chi connectivity index (χ4n) is 4.07. The van der Waals surface area contributed by atoms with Crippen LogP contribution >= 0.6 is 11.8 Å². The molecule has 0 spiro atoms. The molecule has 4 heterocycles. The minimum absolute atomic E-state index is 0.393. The van der Waals surface area contributed by atoms with Crippen LogP contribution in [0.5, 0.6) is 0 Å². The van der Waals surface area contributed by atoms with Crippen molar-refractivity contribution in [2.45, 2.75) is 31.6 Å². The lowest BCUT2D eigenvalue weighted by molar-refractivity contribution is 0.670. The molecule has 4 aromatic rings. The number of imidazole rings is 1. The van der Waals surface area contributed by atoms with E-state index in [0.29, 0.717) is 41.1 Å². The number of nitrogens with one attached hydrogen (secondary N) is 1. The topological polar surface area (TPSA) is 102 Å². The first kappa shape index (κ1) is 20.5. The molecule has 164 valence electrons. The van der Waals surface area contributed by atoms with Crippen molar-refractivity contribution in [1.82, 2.24) is 29.1 Å². The van der Waals surface area contributed by atoms with Crippen LogP contribution in [0.2, 0.25) is 0 Å². The monoisotopic (exact) mass is 449 g/mol. The van der Waals surface area contributed by atoms with E-state index in [0.717, 1.165) is 18.7 Å². The van der Waals surface area contributed by atoms with E-state index >= 15 is 0 Å². The summed E-state index contributed by atoms with van der Waals surface area (Å²) in [6.07, 6.45) is 2.65. The quantitative estimate of drug-likeness (QED) is 0.367. The van der Waals surface area contributed by atoms with Gasteiger partial charge in [-0.2, -0.15) is 4.98 Å². The molecule has 0 aliphatic carbocycles. The molecular formula is C22H23N7O2S. The molecule has 32 heavy (non-hydrogen) atoms. The van der Waals surface area contributed by atoms with Crippen LogP contribution in [0, 0.1) is 6.92 Å². The predicted molar refractivity (Wildman–Crippen MR) is 124 cm³/mol. The fourth-order valence-corrected chi connectivity index (χ4v) is 4.87. The third-order valence-electron chi connectivity index (χ3n) is 5.72. The summed E-state index contributed by atoms with van der Waals surface area (Å²) in [6, 6.07) is 10.2. The van der Waals surface area contributed by atoms with Crippen molar-refractivity contribution >= 4 is 28.9 Å². The number of benzene rings is 1. The standard InChI is InChI=1S/C22H23N7O2S/c1-14-7-9-23-20(24-14)32-12-11-29-17-18(27(2)22(31)26-19(17)30)25-21(29)28-10-8-15-5-3-4-6-16(15)13-28/h3-7,9H,8,10-13H2,1-2H3,(H,26,30,31). The first-order valence-corrected chi connectivity index (χ1v) is 11.4. The van der Waals surface area contributed by atoms with Gasteiger partial charge in [0.25, 0.3) is 5.56 Å². The van der Waals surface area contributed by atoms with Gasteiger partial charge in [0, 0.05) is 44.3 Å². The summed E-state index contributed by atoms with van der Waals surface area (Å²) in [4.78, 5) is 43.0. The Labute approximate surface area is 188 Å². The second-order valence-electron chi connectivity index (χ2n) is 7.82. The maximum absolute atomic E-state index is 12.8. The van der Waals surface area contributed by atoms with E-state index in [-0.39, 0.29) is 0 Å². The van der Waals surface area contributed by atoms with Crippen molar-refractivity contribution in [3.05, 3.63) is 74.2 Å². The number of aryl methyl sites for hydroxylation is 3. The Morgan fingerprint density at radius 1 is 1.12 bits per heavy atom. The van der Waals surface area contributed by atoms with E-state index < -0.39 is 11.2 Å². The largest absolute Gasteiger partial charge is 0.338 e. The van der Waals surface area contributed by atoms with Crippen LogP contribution in [-0.4, -0.2) is 41.4 Å². The summed E-state index contributed by atoms with van der Waals surface area (Å²) in [5.74, 6) is 1.36. The molecule has 0 fully saturated rings. The van der Waals surface area contributed by atoms with E-state index in [1.54, 1.807) is 13.2 Å². The van der Waals surface area contributed by atoms with E-state index in [1.165, 1.54) is 27.5 Å². The number of hydrogen-bond donors (Lipinski definition) is 1. The minimum Gasteiger partial charge on any atom is -0.338 e. The normalized spacial score (nSPS) is 13.5. The van der Waals surface area contributed by atoms with Gasteiger partial charge in [0.05, 0.1) is 0 Å². The summed E-state index contributed by atoms with van der Waals surface area (Å²) in [7, 11) is 1.63. The summed E-state index contributed by atoms with van der Waals surface area (Å²) in [5.41, 5.74) is 3.42. The van der Waals surface area contributed by atoms with Gasteiger partial charge in [-0.15, -0.1) is 0 Å². The van der Waals surface area contributed by atoms with Crippen LogP contribution < -0.4 is 16.1 Å². The lowest BCUT2D eigenvalue weighted by atomic mass is 10.0. The summed E-state index contributed by atoms with van der Waals surface area (Å²) in [5, 5.41) is 0.698. The SMILES string of the molecule is Cc1ccnc(SCCn2c(N3CCc4ccccc4C3)nc3c2c(=O)[nH]c(=O)n3C)n1. The molecule has 5 rings (SSSR count). The Bertz CT molecular complexity index is 1420. The summed E-state index contributed by atoms with van der Waals surface area (Å²) < 4.78 is 3.32. The number of H-pyrrole nitrogens is 1. The van der Waals surface area contributed by atoms with Crippen LogP contribution in [0.1, 0.15) is 16.8 Å². The molecular weight excluding hydrogens is 426 g/mol. The van der Waals surface area contributed by atoms with Gasteiger partial charge in [-0.05, 0) is 30.5 Å². The summed E-state index contributed by atoms with van der Waals surface area (Å²) in [6.45, 7) is 3.97. The van der Waals surface area contributed by atoms with Crippen LogP contribution in [0.3, 0.4) is 0 Å². The number of aromatic amines is 1. The first-order valence-electron chi connectivity index (χ1n) is 10.4. The van der Waals surface area contributed by atoms with Gasteiger partial charge in [-0.3, -0.25) is 14.3 Å². The van der Waals surface area contributed by atoms with Crippen LogP contribution in [-0.2, 0) is 26.6 Å². The average Bonchev–Trinajstić information content (AvgIpc) is 3.17. The molecule has 10 heteroatoms. The number of aromatic nitrogens is 6. The van der Waals surface area contributed by atoms with Crippen molar-refractivity contribution in [3.63, 3.8) is 0 Å². The van der Waals surface area contributed by atoms with E-state index in [2.05, 4.69) is 38.1 Å². The predicted octanol–water partition coefficient (Wildman–Crippen LogP) is 1.88. The molecule has 0 bridgehead atoms. The Morgan fingerprint density at radius 3 is 2.75 bits per heavy atom. The lowest BCUT2D eigenvalue weighted by Crippen LogP contribution is -2.33. The van der Waals surface area contributed by atoms with Crippen molar-refractivity contribution < 1.29 is 0 Å². The smallest absolute Gasteiger partial charge is 0.329 e. The highest BCUT2D eigenvalue weighted by atomic mass is 32.2. The second kappa shape index (κ2) is 8.27. The van der Waals surface area contributed by atoms with Gasteiger partial charge in [-0.1, -0.05) is 36.0 Å². The molecule has 1 aromatic carbocycles. The highest BCUT2D eigenvalue weighted by Crippen LogP contribution is 2.27. The number of thioether (sulfide) groups is 1. The Morgan fingerprint density at radius 2 is 1.94 bits per heavy atom. The molecule has 0 amide bonds. The number of anilines is 1. The Hall–Kier alpha value is -3.40. The molecule has 0 saturated carbocycles. The average molecular weight is 450 g/mol. The van der Waals surface area contributed by atoms with Crippen molar-refractivity contribution in [2.75, 3.05) is 17.2 Å². The molecule has 0 atom stereocenters. The van der Waals surface area contributed by atoms with Gasteiger partial charge in [0.15, 0.2) is 16.3 Å². The summed E-state index contributed by atoms with van der Waals surface area (Å²) >= 11 is 1.53. The Balaban J connectivity index is 1.53. The van der Waals surface area contributed by atoms with Crippen LogP contribution in [0.4, 0.5) is 5.95 Å². The zero-order chi connectivity index (χ0) is 22.2. The number of fused-ring (bicyclic) bond motifs is 2. The molecule has 1 N–H and O–H groups in total. The van der Waals surface area contributed by atoms with Gasteiger partial charge < -0.3 is 9.47 Å². The second-order valence-corrected chi connectivity index (χ2v) is 8.89. The lowest BCUT2D eigenvalue weighted by Gasteiger charge is -2.30. The van der Waals surface area contributed by atoms with Crippen molar-refractivity contribution in [1.29, 1.82) is 0 Å². The third-order valence-corrected chi connectivity index (χ3v) is 6.56.